The average molecular weight is 402 g/mol. The van der Waals surface area contributed by atoms with Crippen molar-refractivity contribution in [2.45, 2.75) is 64.5 Å². The van der Waals surface area contributed by atoms with E-state index in [0.717, 1.165) is 50.0 Å². The zero-order chi connectivity index (χ0) is 20.6. The van der Waals surface area contributed by atoms with E-state index in [1.807, 2.05) is 28.0 Å². The Hall–Kier alpha value is -1.92. The van der Waals surface area contributed by atoms with Crippen LogP contribution in [0.4, 0.5) is 5.69 Å². The minimum Gasteiger partial charge on any atom is -0.393 e. The van der Waals surface area contributed by atoms with Crippen molar-refractivity contribution in [2.75, 3.05) is 37.6 Å². The summed E-state index contributed by atoms with van der Waals surface area (Å²) in [5, 5.41) is 9.70. The number of amides is 2. The molecule has 29 heavy (non-hydrogen) atoms. The first-order valence-corrected chi connectivity index (χ1v) is 11.1. The Kier molecular flexibility index (Phi) is 8.07. The SMILES string of the molecule is CC(=O)N1CCCCCCCN(CC(=O)N2CCC(O)CC2)Cc2ccccc21. The molecule has 3 rings (SSSR count). The third-order valence-corrected chi connectivity index (χ3v) is 6.09. The minimum atomic E-state index is -0.273. The zero-order valence-electron chi connectivity index (χ0n) is 17.7. The summed E-state index contributed by atoms with van der Waals surface area (Å²) in [7, 11) is 0. The van der Waals surface area contributed by atoms with Gasteiger partial charge < -0.3 is 14.9 Å². The van der Waals surface area contributed by atoms with Crippen LogP contribution in [0.3, 0.4) is 0 Å². The normalized spacial score (nSPS) is 20.5. The molecule has 1 N–H and O–H groups in total. The van der Waals surface area contributed by atoms with Crippen LogP contribution in [0.25, 0.3) is 0 Å². The summed E-state index contributed by atoms with van der Waals surface area (Å²) < 4.78 is 0. The first-order valence-electron chi connectivity index (χ1n) is 11.1. The molecular formula is C23H35N3O3. The monoisotopic (exact) mass is 401 g/mol. The third kappa shape index (κ3) is 6.28. The van der Waals surface area contributed by atoms with Crippen LogP contribution in [0.15, 0.2) is 24.3 Å². The van der Waals surface area contributed by atoms with Gasteiger partial charge in [-0.3, -0.25) is 14.5 Å². The van der Waals surface area contributed by atoms with Crippen LogP contribution in [0, 0.1) is 0 Å². The molecule has 2 heterocycles. The van der Waals surface area contributed by atoms with Gasteiger partial charge in [-0.2, -0.15) is 0 Å². The number of aliphatic hydroxyl groups excluding tert-OH is 1. The summed E-state index contributed by atoms with van der Waals surface area (Å²) >= 11 is 0. The van der Waals surface area contributed by atoms with Crippen LogP contribution in [0.1, 0.15) is 57.4 Å². The third-order valence-electron chi connectivity index (χ3n) is 6.09. The van der Waals surface area contributed by atoms with Crippen molar-refractivity contribution in [1.29, 1.82) is 0 Å². The van der Waals surface area contributed by atoms with Crippen LogP contribution in [0.2, 0.25) is 0 Å². The van der Waals surface area contributed by atoms with E-state index in [2.05, 4.69) is 11.0 Å². The summed E-state index contributed by atoms with van der Waals surface area (Å²) in [5.74, 6) is 0.217. The van der Waals surface area contributed by atoms with Crippen LogP contribution in [-0.2, 0) is 16.1 Å². The molecule has 2 aliphatic heterocycles. The van der Waals surface area contributed by atoms with E-state index in [-0.39, 0.29) is 17.9 Å². The standard InChI is InChI=1S/C23H35N3O3/c1-19(27)26-14-8-4-2-3-7-13-24(17-20-9-5-6-10-22(20)26)18-23(29)25-15-11-21(28)12-16-25/h5-6,9-10,21,28H,2-4,7-8,11-18H2,1H3. The number of carbonyl (C=O) groups is 2. The van der Waals surface area contributed by atoms with Crippen LogP contribution >= 0.6 is 0 Å². The predicted molar refractivity (Wildman–Crippen MR) is 115 cm³/mol. The molecule has 0 aliphatic carbocycles. The van der Waals surface area contributed by atoms with Gasteiger partial charge in [-0.25, -0.2) is 0 Å². The van der Waals surface area contributed by atoms with Crippen LogP contribution < -0.4 is 4.90 Å². The highest BCUT2D eigenvalue weighted by Crippen LogP contribution is 2.24. The molecule has 0 aromatic heterocycles. The molecule has 1 fully saturated rings. The van der Waals surface area contributed by atoms with Crippen molar-refractivity contribution in [2.24, 2.45) is 0 Å². The second kappa shape index (κ2) is 10.7. The molecule has 2 aliphatic rings. The van der Waals surface area contributed by atoms with Gasteiger partial charge in [0, 0.05) is 38.8 Å². The Balaban J connectivity index is 1.75. The van der Waals surface area contributed by atoms with E-state index < -0.39 is 0 Å². The summed E-state index contributed by atoms with van der Waals surface area (Å²) in [6.07, 6.45) is 6.62. The largest absolute Gasteiger partial charge is 0.393 e. The molecule has 0 atom stereocenters. The Labute approximate surface area is 174 Å². The van der Waals surface area contributed by atoms with E-state index in [4.69, 9.17) is 0 Å². The van der Waals surface area contributed by atoms with E-state index in [0.29, 0.717) is 39.0 Å². The van der Waals surface area contributed by atoms with E-state index >= 15 is 0 Å². The van der Waals surface area contributed by atoms with Crippen molar-refractivity contribution < 1.29 is 14.7 Å². The number of likely N-dealkylation sites (tertiary alicyclic amines) is 1. The number of benzene rings is 1. The molecule has 0 bridgehead atoms. The second-order valence-corrected chi connectivity index (χ2v) is 8.39. The fourth-order valence-corrected chi connectivity index (χ4v) is 4.35. The number of piperidine rings is 1. The van der Waals surface area contributed by atoms with Crippen molar-refractivity contribution in [3.8, 4) is 0 Å². The average Bonchev–Trinajstić information content (AvgIpc) is 2.69. The number of hydrogen-bond acceptors (Lipinski definition) is 4. The van der Waals surface area contributed by atoms with Gasteiger partial charge in [-0.05, 0) is 43.9 Å². The van der Waals surface area contributed by atoms with Crippen molar-refractivity contribution in [1.82, 2.24) is 9.80 Å². The lowest BCUT2D eigenvalue weighted by atomic mass is 10.1. The maximum Gasteiger partial charge on any atom is 0.236 e. The fraction of sp³-hybridized carbons (Fsp3) is 0.652. The van der Waals surface area contributed by atoms with Crippen molar-refractivity contribution in [3.63, 3.8) is 0 Å². The van der Waals surface area contributed by atoms with Gasteiger partial charge in [0.05, 0.1) is 12.6 Å². The maximum atomic E-state index is 12.9. The first kappa shape index (κ1) is 21.8. The van der Waals surface area contributed by atoms with Crippen LogP contribution in [-0.4, -0.2) is 65.5 Å². The lowest BCUT2D eigenvalue weighted by molar-refractivity contribution is -0.134. The molecule has 2 amide bonds. The van der Waals surface area contributed by atoms with E-state index in [1.54, 1.807) is 6.92 Å². The number of para-hydroxylation sites is 1. The number of anilines is 1. The highest BCUT2D eigenvalue weighted by Gasteiger charge is 2.24. The highest BCUT2D eigenvalue weighted by molar-refractivity contribution is 5.92. The van der Waals surface area contributed by atoms with Crippen LogP contribution in [0.5, 0.6) is 0 Å². The first-order chi connectivity index (χ1) is 14.0. The fourth-order valence-electron chi connectivity index (χ4n) is 4.35. The van der Waals surface area contributed by atoms with Gasteiger partial charge >= 0.3 is 0 Å². The second-order valence-electron chi connectivity index (χ2n) is 8.39. The quantitative estimate of drug-likeness (QED) is 0.828. The Bertz CT molecular complexity index is 686. The Morgan fingerprint density at radius 3 is 2.34 bits per heavy atom. The van der Waals surface area contributed by atoms with Crippen molar-refractivity contribution in [3.05, 3.63) is 29.8 Å². The summed E-state index contributed by atoms with van der Waals surface area (Å²) in [6, 6.07) is 8.09. The smallest absolute Gasteiger partial charge is 0.236 e. The minimum absolute atomic E-state index is 0.0732. The molecule has 6 nitrogen and oxygen atoms in total. The molecule has 0 unspecified atom stereocenters. The number of rotatable bonds is 2. The number of hydrogen-bond donors (Lipinski definition) is 1. The summed E-state index contributed by atoms with van der Waals surface area (Å²) in [6.45, 7) is 5.62. The summed E-state index contributed by atoms with van der Waals surface area (Å²) in [4.78, 5) is 31.2. The highest BCUT2D eigenvalue weighted by atomic mass is 16.3. The van der Waals surface area contributed by atoms with Crippen molar-refractivity contribution >= 4 is 17.5 Å². The van der Waals surface area contributed by atoms with Gasteiger partial charge in [0.2, 0.25) is 11.8 Å². The molecular weight excluding hydrogens is 366 g/mol. The predicted octanol–water partition coefficient (Wildman–Crippen LogP) is 2.79. The topological polar surface area (TPSA) is 64.1 Å². The van der Waals surface area contributed by atoms with E-state index in [9.17, 15) is 14.7 Å². The van der Waals surface area contributed by atoms with E-state index in [1.165, 1.54) is 6.42 Å². The Morgan fingerprint density at radius 1 is 0.966 bits per heavy atom. The number of nitrogens with zero attached hydrogens (tertiary/aromatic N) is 3. The van der Waals surface area contributed by atoms with Gasteiger partial charge in [0.1, 0.15) is 0 Å². The lowest BCUT2D eigenvalue weighted by Crippen LogP contribution is -2.45. The molecule has 0 saturated carbocycles. The number of aliphatic hydroxyl groups is 1. The molecule has 0 radical (unpaired) electrons. The molecule has 6 heteroatoms. The number of fused-ring (bicyclic) bond motifs is 1. The summed E-state index contributed by atoms with van der Waals surface area (Å²) in [5.41, 5.74) is 2.07. The zero-order valence-corrected chi connectivity index (χ0v) is 17.7. The molecule has 1 aromatic carbocycles. The molecule has 160 valence electrons. The lowest BCUT2D eigenvalue weighted by Gasteiger charge is -2.33. The molecule has 1 aromatic rings. The van der Waals surface area contributed by atoms with Gasteiger partial charge in [-0.1, -0.05) is 37.5 Å². The number of carbonyl (C=O) groups excluding carboxylic acids is 2. The maximum absolute atomic E-state index is 12.9. The van der Waals surface area contributed by atoms with Gasteiger partial charge in [-0.15, -0.1) is 0 Å². The molecule has 0 spiro atoms. The van der Waals surface area contributed by atoms with Gasteiger partial charge in [0.15, 0.2) is 0 Å². The Morgan fingerprint density at radius 2 is 1.62 bits per heavy atom. The van der Waals surface area contributed by atoms with Gasteiger partial charge in [0.25, 0.3) is 0 Å². The molecule has 1 saturated heterocycles.